The number of hydrogen-bond acceptors (Lipinski definition) is 1. The zero-order valence-electron chi connectivity index (χ0n) is 9.47. The highest BCUT2D eigenvalue weighted by Gasteiger charge is 2.29. The molecule has 2 rings (SSSR count). The molecule has 0 amide bonds. The lowest BCUT2D eigenvalue weighted by Gasteiger charge is -2.21. The predicted molar refractivity (Wildman–Crippen MR) is 58.7 cm³/mol. The Hall–Kier alpha value is -1.05. The van der Waals surface area contributed by atoms with Gasteiger partial charge in [0.1, 0.15) is 11.6 Å². The zero-order valence-corrected chi connectivity index (χ0v) is 9.47. The molecule has 0 unspecified atom stereocenters. The number of phenolic OH excluding ortho intramolecular Hbond substituents is 1. The molecule has 1 aliphatic rings. The van der Waals surface area contributed by atoms with Gasteiger partial charge in [-0.2, -0.15) is 0 Å². The van der Waals surface area contributed by atoms with Gasteiger partial charge in [0.15, 0.2) is 0 Å². The topological polar surface area (TPSA) is 20.2 Å². The molecule has 0 aliphatic heterocycles. The van der Waals surface area contributed by atoms with Crippen LogP contribution in [-0.2, 0) is 5.41 Å². The first-order valence-corrected chi connectivity index (χ1v) is 5.42. The van der Waals surface area contributed by atoms with E-state index in [0.29, 0.717) is 11.5 Å². The van der Waals surface area contributed by atoms with Crippen molar-refractivity contribution in [1.82, 2.24) is 0 Å². The van der Waals surface area contributed by atoms with Crippen LogP contribution >= 0.6 is 0 Å². The number of aromatic hydroxyl groups is 1. The summed E-state index contributed by atoms with van der Waals surface area (Å²) in [7, 11) is 0. The second-order valence-electron chi connectivity index (χ2n) is 5.42. The van der Waals surface area contributed by atoms with Gasteiger partial charge in [-0.15, -0.1) is 0 Å². The molecule has 0 radical (unpaired) electrons. The Morgan fingerprint density at radius 3 is 2.33 bits per heavy atom. The van der Waals surface area contributed by atoms with Crippen molar-refractivity contribution in [3.8, 4) is 5.75 Å². The third-order valence-electron chi connectivity index (χ3n) is 2.94. The molecule has 1 nitrogen and oxygen atoms in total. The fraction of sp³-hybridized carbons (Fsp3) is 0.538. The summed E-state index contributed by atoms with van der Waals surface area (Å²) in [6.07, 6.45) is 2.23. The molecule has 15 heavy (non-hydrogen) atoms. The molecule has 0 saturated heterocycles. The van der Waals surface area contributed by atoms with Crippen molar-refractivity contribution in [3.05, 3.63) is 29.1 Å². The Labute approximate surface area is 89.9 Å². The SMILES string of the molecule is CC(C)(C)c1cc(C2CC2)c(O)cc1F. The monoisotopic (exact) mass is 208 g/mol. The van der Waals surface area contributed by atoms with Gasteiger partial charge in [-0.1, -0.05) is 20.8 Å². The minimum atomic E-state index is -0.301. The summed E-state index contributed by atoms with van der Waals surface area (Å²) in [6, 6.07) is 3.09. The van der Waals surface area contributed by atoms with Gasteiger partial charge in [-0.3, -0.25) is 0 Å². The molecule has 2 heteroatoms. The first-order chi connectivity index (χ1) is 6.89. The van der Waals surface area contributed by atoms with E-state index in [0.717, 1.165) is 18.4 Å². The van der Waals surface area contributed by atoms with Crippen LogP contribution in [0.2, 0.25) is 0 Å². The van der Waals surface area contributed by atoms with E-state index in [-0.39, 0.29) is 17.0 Å². The maximum absolute atomic E-state index is 13.7. The van der Waals surface area contributed by atoms with E-state index in [4.69, 9.17) is 0 Å². The third kappa shape index (κ3) is 1.99. The minimum absolute atomic E-state index is 0.114. The maximum Gasteiger partial charge on any atom is 0.130 e. The van der Waals surface area contributed by atoms with Crippen molar-refractivity contribution in [1.29, 1.82) is 0 Å². The summed E-state index contributed by atoms with van der Waals surface area (Å²) < 4.78 is 13.7. The quantitative estimate of drug-likeness (QED) is 0.746. The molecule has 1 aromatic carbocycles. The van der Waals surface area contributed by atoms with Gasteiger partial charge in [0.05, 0.1) is 0 Å². The molecule has 1 aromatic rings. The number of rotatable bonds is 1. The number of phenols is 1. The van der Waals surface area contributed by atoms with E-state index in [9.17, 15) is 9.50 Å². The number of hydrogen-bond donors (Lipinski definition) is 1. The Balaban J connectivity index is 2.51. The Morgan fingerprint density at radius 1 is 1.27 bits per heavy atom. The van der Waals surface area contributed by atoms with E-state index in [2.05, 4.69) is 0 Å². The van der Waals surface area contributed by atoms with Gasteiger partial charge >= 0.3 is 0 Å². The van der Waals surface area contributed by atoms with Gasteiger partial charge in [0.25, 0.3) is 0 Å². The van der Waals surface area contributed by atoms with Crippen LogP contribution in [0.5, 0.6) is 5.75 Å². The van der Waals surface area contributed by atoms with E-state index >= 15 is 0 Å². The molecular weight excluding hydrogens is 191 g/mol. The van der Waals surface area contributed by atoms with Crippen LogP contribution in [0, 0.1) is 5.82 Å². The largest absolute Gasteiger partial charge is 0.508 e. The van der Waals surface area contributed by atoms with Crippen molar-refractivity contribution < 1.29 is 9.50 Å². The first kappa shape index (κ1) is 10.5. The summed E-state index contributed by atoms with van der Waals surface area (Å²) in [6.45, 7) is 5.96. The van der Waals surface area contributed by atoms with Crippen molar-refractivity contribution >= 4 is 0 Å². The lowest BCUT2D eigenvalue weighted by atomic mass is 9.85. The maximum atomic E-state index is 13.7. The molecule has 1 aliphatic carbocycles. The van der Waals surface area contributed by atoms with E-state index < -0.39 is 0 Å². The molecule has 1 saturated carbocycles. The third-order valence-corrected chi connectivity index (χ3v) is 2.94. The predicted octanol–water partition coefficient (Wildman–Crippen LogP) is 3.71. The summed E-state index contributed by atoms with van der Waals surface area (Å²) in [5, 5.41) is 9.65. The minimum Gasteiger partial charge on any atom is -0.508 e. The van der Waals surface area contributed by atoms with Crippen LogP contribution in [0.25, 0.3) is 0 Å². The van der Waals surface area contributed by atoms with Crippen LogP contribution in [0.4, 0.5) is 4.39 Å². The second-order valence-corrected chi connectivity index (χ2v) is 5.42. The van der Waals surface area contributed by atoms with Crippen LogP contribution < -0.4 is 0 Å². The van der Waals surface area contributed by atoms with Crippen LogP contribution in [0.3, 0.4) is 0 Å². The first-order valence-electron chi connectivity index (χ1n) is 5.42. The Kier molecular flexibility index (Phi) is 2.25. The highest BCUT2D eigenvalue weighted by Crippen LogP contribution is 2.45. The number of benzene rings is 1. The van der Waals surface area contributed by atoms with E-state index in [1.54, 1.807) is 0 Å². The van der Waals surface area contributed by atoms with Gasteiger partial charge in [-0.25, -0.2) is 4.39 Å². The van der Waals surface area contributed by atoms with Crippen LogP contribution in [-0.4, -0.2) is 5.11 Å². The molecule has 0 heterocycles. The zero-order chi connectivity index (χ0) is 11.2. The highest BCUT2D eigenvalue weighted by molar-refractivity contribution is 5.43. The molecule has 82 valence electrons. The Bertz CT molecular complexity index is 386. The fourth-order valence-electron chi connectivity index (χ4n) is 1.88. The molecular formula is C13H17FO. The molecule has 1 N–H and O–H groups in total. The normalized spacial score (nSPS) is 16.8. The van der Waals surface area contributed by atoms with E-state index in [1.165, 1.54) is 6.07 Å². The summed E-state index contributed by atoms with van der Waals surface area (Å²) in [5.41, 5.74) is 1.41. The summed E-state index contributed by atoms with van der Waals surface area (Å²) in [4.78, 5) is 0. The lowest BCUT2D eigenvalue weighted by Crippen LogP contribution is -2.14. The van der Waals surface area contributed by atoms with Gasteiger partial charge in [0, 0.05) is 6.07 Å². The summed E-state index contributed by atoms with van der Waals surface area (Å²) in [5.74, 6) is 0.263. The molecule has 0 spiro atoms. The van der Waals surface area contributed by atoms with Crippen molar-refractivity contribution in [2.24, 2.45) is 0 Å². The summed E-state index contributed by atoms with van der Waals surface area (Å²) >= 11 is 0. The Morgan fingerprint density at radius 2 is 1.87 bits per heavy atom. The smallest absolute Gasteiger partial charge is 0.130 e. The number of halogens is 1. The fourth-order valence-corrected chi connectivity index (χ4v) is 1.88. The van der Waals surface area contributed by atoms with Crippen LogP contribution in [0.15, 0.2) is 12.1 Å². The molecule has 0 aromatic heterocycles. The van der Waals surface area contributed by atoms with Crippen molar-refractivity contribution in [2.45, 2.75) is 44.9 Å². The van der Waals surface area contributed by atoms with Crippen LogP contribution in [0.1, 0.15) is 50.7 Å². The van der Waals surface area contributed by atoms with Crippen molar-refractivity contribution in [2.75, 3.05) is 0 Å². The van der Waals surface area contributed by atoms with Gasteiger partial charge in [0.2, 0.25) is 0 Å². The van der Waals surface area contributed by atoms with Crippen molar-refractivity contribution in [3.63, 3.8) is 0 Å². The molecule has 0 atom stereocenters. The average Bonchev–Trinajstić information content (AvgIpc) is 2.84. The second kappa shape index (κ2) is 3.22. The van der Waals surface area contributed by atoms with Gasteiger partial charge in [-0.05, 0) is 41.4 Å². The highest BCUT2D eigenvalue weighted by atomic mass is 19.1. The lowest BCUT2D eigenvalue weighted by molar-refractivity contribution is 0.454. The molecule has 1 fully saturated rings. The molecule has 0 bridgehead atoms. The van der Waals surface area contributed by atoms with Gasteiger partial charge < -0.3 is 5.11 Å². The average molecular weight is 208 g/mol. The standard InChI is InChI=1S/C13H17FO/c1-13(2,3)10-6-9(8-4-5-8)12(15)7-11(10)14/h6-8,15H,4-5H2,1-3H3. The van der Waals surface area contributed by atoms with E-state index in [1.807, 2.05) is 26.8 Å².